The summed E-state index contributed by atoms with van der Waals surface area (Å²) in [5.74, 6) is -2.16. The molecule has 0 bridgehead atoms. The van der Waals surface area contributed by atoms with Crippen LogP contribution in [0.5, 0.6) is 0 Å². The molecular formula is C14H28O6. The van der Waals surface area contributed by atoms with Crippen LogP contribution in [0.2, 0.25) is 0 Å². The van der Waals surface area contributed by atoms with Crippen LogP contribution in [0.15, 0.2) is 0 Å². The van der Waals surface area contributed by atoms with Crippen LogP contribution in [-0.2, 0) is 14.4 Å². The molecule has 0 amide bonds. The Bertz CT molecular complexity index is 236. The molecule has 6 nitrogen and oxygen atoms in total. The van der Waals surface area contributed by atoms with Gasteiger partial charge in [-0.2, -0.15) is 0 Å². The SMILES string of the molecule is CCC(=O)O.CCC(=O)O.CCCCCCCC(=O)O. The summed E-state index contributed by atoms with van der Waals surface area (Å²) < 4.78 is 0. The second-order valence-corrected chi connectivity index (χ2v) is 4.05. The summed E-state index contributed by atoms with van der Waals surface area (Å²) in [5, 5.41) is 23.7. The van der Waals surface area contributed by atoms with Gasteiger partial charge >= 0.3 is 17.9 Å². The Kier molecular flexibility index (Phi) is 23.2. The monoisotopic (exact) mass is 292 g/mol. The summed E-state index contributed by atoms with van der Waals surface area (Å²) in [6.07, 6.45) is 6.33. The van der Waals surface area contributed by atoms with E-state index >= 15 is 0 Å². The van der Waals surface area contributed by atoms with Crippen molar-refractivity contribution in [1.29, 1.82) is 0 Å². The lowest BCUT2D eigenvalue weighted by Crippen LogP contribution is -1.93. The molecule has 120 valence electrons. The van der Waals surface area contributed by atoms with Gasteiger partial charge in [0.15, 0.2) is 0 Å². The third-order valence-electron chi connectivity index (χ3n) is 2.10. The Labute approximate surface area is 120 Å². The number of unbranched alkanes of at least 4 members (excludes halogenated alkanes) is 4. The van der Waals surface area contributed by atoms with E-state index in [0.717, 1.165) is 12.8 Å². The number of hydrogen-bond donors (Lipinski definition) is 3. The highest BCUT2D eigenvalue weighted by Crippen LogP contribution is 2.04. The highest BCUT2D eigenvalue weighted by Gasteiger charge is 1.94. The summed E-state index contributed by atoms with van der Waals surface area (Å²) >= 11 is 0. The highest BCUT2D eigenvalue weighted by atomic mass is 16.4. The second kappa shape index (κ2) is 19.7. The normalized spacial score (nSPS) is 8.55. The van der Waals surface area contributed by atoms with Crippen LogP contribution in [0.4, 0.5) is 0 Å². The van der Waals surface area contributed by atoms with Crippen molar-refractivity contribution in [3.05, 3.63) is 0 Å². The minimum Gasteiger partial charge on any atom is -0.481 e. The quantitative estimate of drug-likeness (QED) is 0.591. The van der Waals surface area contributed by atoms with Crippen LogP contribution in [0.1, 0.15) is 72.1 Å². The van der Waals surface area contributed by atoms with Gasteiger partial charge in [0.05, 0.1) is 0 Å². The number of rotatable bonds is 8. The number of aliphatic carboxylic acids is 3. The fourth-order valence-corrected chi connectivity index (χ4v) is 0.880. The minimum atomic E-state index is -0.745. The molecule has 6 heteroatoms. The molecule has 0 aliphatic rings. The molecule has 0 aromatic rings. The van der Waals surface area contributed by atoms with Crippen LogP contribution in [-0.4, -0.2) is 33.2 Å². The van der Waals surface area contributed by atoms with Gasteiger partial charge in [-0.3, -0.25) is 14.4 Å². The van der Waals surface area contributed by atoms with Gasteiger partial charge < -0.3 is 15.3 Å². The zero-order valence-corrected chi connectivity index (χ0v) is 12.7. The van der Waals surface area contributed by atoms with Crippen molar-refractivity contribution in [3.63, 3.8) is 0 Å². The van der Waals surface area contributed by atoms with Crippen LogP contribution < -0.4 is 0 Å². The zero-order chi connectivity index (χ0) is 16.4. The molecule has 0 aromatic heterocycles. The van der Waals surface area contributed by atoms with Crippen LogP contribution in [0, 0.1) is 0 Å². The third kappa shape index (κ3) is 44.0. The maximum atomic E-state index is 10.0. The number of carboxylic acid groups (broad SMARTS) is 3. The summed E-state index contributed by atoms with van der Waals surface area (Å²) in [7, 11) is 0. The molecule has 0 aliphatic carbocycles. The molecule has 0 saturated heterocycles. The number of carbonyl (C=O) groups is 3. The van der Waals surface area contributed by atoms with Crippen molar-refractivity contribution in [2.45, 2.75) is 72.1 Å². The summed E-state index contributed by atoms with van der Waals surface area (Å²) in [5.41, 5.74) is 0. The van der Waals surface area contributed by atoms with Crippen molar-refractivity contribution in [3.8, 4) is 0 Å². The summed E-state index contributed by atoms with van der Waals surface area (Å²) in [6.45, 7) is 5.35. The van der Waals surface area contributed by atoms with E-state index in [1.165, 1.54) is 19.3 Å². The maximum Gasteiger partial charge on any atom is 0.303 e. The van der Waals surface area contributed by atoms with Gasteiger partial charge in [-0.15, -0.1) is 0 Å². The lowest BCUT2D eigenvalue weighted by Gasteiger charge is -1.95. The first kappa shape index (κ1) is 23.5. The smallest absolute Gasteiger partial charge is 0.303 e. The second-order valence-electron chi connectivity index (χ2n) is 4.05. The molecule has 20 heavy (non-hydrogen) atoms. The molecule has 0 saturated carbocycles. The molecule has 0 atom stereocenters. The Morgan fingerprint density at radius 2 is 1.00 bits per heavy atom. The van der Waals surface area contributed by atoms with Crippen LogP contribution in [0.3, 0.4) is 0 Å². The zero-order valence-electron chi connectivity index (χ0n) is 12.7. The van der Waals surface area contributed by atoms with E-state index in [-0.39, 0.29) is 12.8 Å². The van der Waals surface area contributed by atoms with Gasteiger partial charge in [-0.25, -0.2) is 0 Å². The van der Waals surface area contributed by atoms with Crippen molar-refractivity contribution < 1.29 is 29.7 Å². The average Bonchev–Trinajstić information content (AvgIpc) is 2.39. The summed E-state index contributed by atoms with van der Waals surface area (Å²) in [6, 6.07) is 0. The van der Waals surface area contributed by atoms with E-state index < -0.39 is 17.9 Å². The predicted molar refractivity (Wildman–Crippen MR) is 76.9 cm³/mol. The summed E-state index contributed by atoms with van der Waals surface area (Å²) in [4.78, 5) is 28.8. The van der Waals surface area contributed by atoms with Crippen molar-refractivity contribution >= 4 is 17.9 Å². The van der Waals surface area contributed by atoms with E-state index in [1.807, 2.05) is 0 Å². The Morgan fingerprint density at radius 1 is 0.650 bits per heavy atom. The number of hydrogen-bond acceptors (Lipinski definition) is 3. The largest absolute Gasteiger partial charge is 0.481 e. The van der Waals surface area contributed by atoms with Crippen molar-refractivity contribution in [2.75, 3.05) is 0 Å². The number of carboxylic acids is 3. The van der Waals surface area contributed by atoms with E-state index in [4.69, 9.17) is 15.3 Å². The van der Waals surface area contributed by atoms with Crippen LogP contribution >= 0.6 is 0 Å². The van der Waals surface area contributed by atoms with Crippen LogP contribution in [0.25, 0.3) is 0 Å². The average molecular weight is 292 g/mol. The molecule has 0 radical (unpaired) electrons. The first-order chi connectivity index (χ1) is 9.31. The topological polar surface area (TPSA) is 112 Å². The molecule has 0 heterocycles. The molecular weight excluding hydrogens is 264 g/mol. The lowest BCUT2D eigenvalue weighted by molar-refractivity contribution is -0.138. The maximum absolute atomic E-state index is 10.0. The van der Waals surface area contributed by atoms with Crippen molar-refractivity contribution in [2.24, 2.45) is 0 Å². The standard InChI is InChI=1S/C8H16O2.2C3H6O2/c1-2-3-4-5-6-7-8(9)10;2*1-2-3(4)5/h2-7H2,1H3,(H,9,10);2*2H2,1H3,(H,4,5). The minimum absolute atomic E-state index is 0.222. The van der Waals surface area contributed by atoms with Gasteiger partial charge in [0.25, 0.3) is 0 Å². The first-order valence-electron chi connectivity index (χ1n) is 6.97. The van der Waals surface area contributed by atoms with Gasteiger partial charge in [-0.1, -0.05) is 46.5 Å². The highest BCUT2D eigenvalue weighted by molar-refractivity contribution is 5.66. The molecule has 0 unspecified atom stereocenters. The van der Waals surface area contributed by atoms with E-state index in [1.54, 1.807) is 13.8 Å². The van der Waals surface area contributed by atoms with Crippen molar-refractivity contribution in [1.82, 2.24) is 0 Å². The Hall–Kier alpha value is -1.59. The molecule has 0 aromatic carbocycles. The van der Waals surface area contributed by atoms with E-state index in [2.05, 4.69) is 6.92 Å². The van der Waals surface area contributed by atoms with Gasteiger partial charge in [-0.05, 0) is 6.42 Å². The lowest BCUT2D eigenvalue weighted by atomic mass is 10.1. The first-order valence-corrected chi connectivity index (χ1v) is 6.97. The fourth-order valence-electron chi connectivity index (χ4n) is 0.880. The molecule has 0 fully saturated rings. The molecule has 0 spiro atoms. The van der Waals surface area contributed by atoms with Gasteiger partial charge in [0.1, 0.15) is 0 Å². The van der Waals surface area contributed by atoms with E-state index in [0.29, 0.717) is 6.42 Å². The molecule has 0 aliphatic heterocycles. The molecule has 0 rings (SSSR count). The third-order valence-corrected chi connectivity index (χ3v) is 2.10. The Balaban J connectivity index is -0.000000244. The Morgan fingerprint density at radius 3 is 1.25 bits per heavy atom. The van der Waals surface area contributed by atoms with Gasteiger partial charge in [0.2, 0.25) is 0 Å². The molecule has 3 N–H and O–H groups in total. The fraction of sp³-hybridized carbons (Fsp3) is 0.786. The predicted octanol–water partition coefficient (Wildman–Crippen LogP) is 3.39. The van der Waals surface area contributed by atoms with E-state index in [9.17, 15) is 14.4 Å². The van der Waals surface area contributed by atoms with Gasteiger partial charge in [0, 0.05) is 19.3 Å².